The average Bonchev–Trinajstić information content (AvgIpc) is 2.38. The number of hydrogen-bond acceptors (Lipinski definition) is 7. The van der Waals surface area contributed by atoms with Crippen LogP contribution in [0.25, 0.3) is 0 Å². The van der Waals surface area contributed by atoms with Crippen LogP contribution < -0.4 is 11.5 Å². The Morgan fingerprint density at radius 2 is 1.78 bits per heavy atom. The summed E-state index contributed by atoms with van der Waals surface area (Å²) in [5, 5.41) is 0. The molecule has 0 aromatic carbocycles. The first-order valence-corrected chi connectivity index (χ1v) is 7.61. The topological polar surface area (TPSA) is 114 Å². The van der Waals surface area contributed by atoms with E-state index in [1.165, 1.54) is 21.1 Å². The van der Waals surface area contributed by atoms with Gasteiger partial charge in [0, 0.05) is 20.3 Å². The number of carbonyl (C=O) groups is 2. The highest BCUT2D eigenvalue weighted by Gasteiger charge is 2.43. The molecule has 0 saturated carbocycles. The summed E-state index contributed by atoms with van der Waals surface area (Å²) in [6, 6.07) is 0.443. The minimum atomic E-state index is -3.05. The van der Waals surface area contributed by atoms with E-state index in [9.17, 15) is 9.59 Å². The van der Waals surface area contributed by atoms with Crippen molar-refractivity contribution in [3.8, 4) is 0 Å². The van der Waals surface area contributed by atoms with Crippen LogP contribution in [0.3, 0.4) is 0 Å². The number of rotatable bonds is 10. The molecule has 0 fully saturated rings. The fourth-order valence-corrected chi connectivity index (χ4v) is 3.60. The molecule has 0 amide bonds. The second kappa shape index (κ2) is 8.46. The lowest BCUT2D eigenvalue weighted by Crippen LogP contribution is -2.51. The molecule has 0 aliphatic rings. The summed E-state index contributed by atoms with van der Waals surface area (Å²) in [6.07, 6.45) is -0.602. The van der Waals surface area contributed by atoms with Crippen LogP contribution in [0, 0.1) is 0 Å². The Labute approximate surface area is 108 Å². The highest BCUT2D eigenvalue weighted by atomic mass is 28.4. The monoisotopic (exact) mass is 278 g/mol. The van der Waals surface area contributed by atoms with E-state index in [0.29, 0.717) is 19.0 Å². The van der Waals surface area contributed by atoms with Crippen LogP contribution in [0.2, 0.25) is 6.04 Å². The molecule has 7 nitrogen and oxygen atoms in total. The minimum absolute atomic E-state index is 0.265. The first-order chi connectivity index (χ1) is 8.46. The van der Waals surface area contributed by atoms with Crippen molar-refractivity contribution in [3.05, 3.63) is 0 Å². The fourth-order valence-electron chi connectivity index (χ4n) is 1.42. The third kappa shape index (κ3) is 4.92. The van der Waals surface area contributed by atoms with Gasteiger partial charge in [0.2, 0.25) is 0 Å². The van der Waals surface area contributed by atoms with Gasteiger partial charge < -0.3 is 24.7 Å². The highest BCUT2D eigenvalue weighted by molar-refractivity contribution is 6.61. The molecule has 0 spiro atoms. The van der Waals surface area contributed by atoms with Gasteiger partial charge in [-0.2, -0.15) is 0 Å². The molecule has 0 aliphatic heterocycles. The zero-order chi connectivity index (χ0) is 14.2. The van der Waals surface area contributed by atoms with E-state index >= 15 is 0 Å². The molecular weight excluding hydrogens is 256 g/mol. The van der Waals surface area contributed by atoms with E-state index in [1.54, 1.807) is 0 Å². The molecule has 0 aromatic heterocycles. The molecule has 8 heteroatoms. The summed E-state index contributed by atoms with van der Waals surface area (Å²) in [6.45, 7) is 1.45. The van der Waals surface area contributed by atoms with E-state index < -0.39 is 26.5 Å². The lowest BCUT2D eigenvalue weighted by molar-refractivity contribution is -0.137. The maximum absolute atomic E-state index is 11.6. The summed E-state index contributed by atoms with van der Waals surface area (Å²) in [7, 11) is -0.193. The van der Waals surface area contributed by atoms with Crippen LogP contribution in [-0.2, 0) is 22.9 Å². The molecule has 18 heavy (non-hydrogen) atoms. The van der Waals surface area contributed by atoms with E-state index in [0.717, 1.165) is 0 Å². The Bertz CT molecular complexity index is 283. The van der Waals surface area contributed by atoms with Crippen LogP contribution in [0.15, 0.2) is 0 Å². The van der Waals surface area contributed by atoms with Crippen LogP contribution in [0.5, 0.6) is 0 Å². The van der Waals surface area contributed by atoms with Gasteiger partial charge in [-0.25, -0.2) is 0 Å². The second-order valence-electron chi connectivity index (χ2n) is 3.76. The normalized spacial score (nSPS) is 13.4. The second-order valence-corrected chi connectivity index (χ2v) is 6.68. The highest BCUT2D eigenvalue weighted by Crippen LogP contribution is 2.18. The molecule has 0 radical (unpaired) electrons. The average molecular weight is 278 g/mol. The van der Waals surface area contributed by atoms with Crippen LogP contribution in [0.4, 0.5) is 0 Å². The predicted octanol–water partition coefficient (Wildman–Crippen LogP) is -0.931. The van der Waals surface area contributed by atoms with Gasteiger partial charge in [-0.05, 0) is 19.9 Å². The van der Waals surface area contributed by atoms with Crippen molar-refractivity contribution < 1.29 is 22.9 Å². The Morgan fingerprint density at radius 3 is 2.11 bits per heavy atom. The molecule has 0 saturated heterocycles. The molecular formula is C10H22N2O5Si. The van der Waals surface area contributed by atoms with Crippen molar-refractivity contribution in [1.29, 1.82) is 0 Å². The van der Waals surface area contributed by atoms with Gasteiger partial charge in [0.05, 0.1) is 6.54 Å². The predicted molar refractivity (Wildman–Crippen MR) is 67.9 cm³/mol. The Kier molecular flexibility index (Phi) is 8.16. The largest absolute Gasteiger partial charge is 0.501 e. The fraction of sp³-hybridized carbons (Fsp3) is 0.800. The van der Waals surface area contributed by atoms with Crippen LogP contribution >= 0.6 is 0 Å². The number of Topliss-reactive ketones (excluding diaryl/α,β-unsaturated/α-hetero) is 2. The van der Waals surface area contributed by atoms with E-state index in [-0.39, 0.29) is 6.54 Å². The Morgan fingerprint density at radius 1 is 1.22 bits per heavy atom. The lowest BCUT2D eigenvalue weighted by Gasteiger charge is -2.29. The van der Waals surface area contributed by atoms with Crippen LogP contribution in [0.1, 0.15) is 13.3 Å². The number of nitrogens with two attached hydrogens (primary N) is 2. The Balaban J connectivity index is 4.90. The SMILES string of the molecule is CO[Si](CCCN)(OC)OC(C(C)=O)C(=O)CN. The van der Waals surface area contributed by atoms with E-state index in [1.807, 2.05) is 0 Å². The third-order valence-electron chi connectivity index (χ3n) is 2.47. The lowest BCUT2D eigenvalue weighted by atomic mass is 10.2. The third-order valence-corrected chi connectivity index (χ3v) is 5.27. The summed E-state index contributed by atoms with van der Waals surface area (Å²) in [4.78, 5) is 23.0. The Hall–Kier alpha value is -0.643. The first kappa shape index (κ1) is 17.4. The van der Waals surface area contributed by atoms with Crippen molar-refractivity contribution in [2.75, 3.05) is 27.3 Å². The van der Waals surface area contributed by atoms with E-state index in [2.05, 4.69) is 0 Å². The molecule has 0 aliphatic carbocycles. The summed E-state index contributed by atoms with van der Waals surface area (Å²) in [5.41, 5.74) is 10.7. The first-order valence-electron chi connectivity index (χ1n) is 5.67. The minimum Gasteiger partial charge on any atom is -0.377 e. The van der Waals surface area contributed by atoms with Crippen LogP contribution in [-0.4, -0.2) is 53.8 Å². The number of ketones is 2. The number of hydrogen-bond donors (Lipinski definition) is 2. The van der Waals surface area contributed by atoms with Crippen molar-refractivity contribution in [3.63, 3.8) is 0 Å². The van der Waals surface area contributed by atoms with Crippen molar-refractivity contribution in [1.82, 2.24) is 0 Å². The molecule has 0 heterocycles. The van der Waals surface area contributed by atoms with Gasteiger partial charge in [0.15, 0.2) is 17.7 Å². The van der Waals surface area contributed by atoms with Gasteiger partial charge in [-0.1, -0.05) is 0 Å². The quantitative estimate of drug-likeness (QED) is 0.392. The van der Waals surface area contributed by atoms with Gasteiger partial charge in [-0.15, -0.1) is 0 Å². The van der Waals surface area contributed by atoms with Gasteiger partial charge in [-0.3, -0.25) is 9.59 Å². The zero-order valence-electron chi connectivity index (χ0n) is 11.1. The van der Waals surface area contributed by atoms with E-state index in [4.69, 9.17) is 24.7 Å². The molecule has 1 atom stereocenters. The van der Waals surface area contributed by atoms with Crippen molar-refractivity contribution in [2.24, 2.45) is 11.5 Å². The smallest absolute Gasteiger partial charge is 0.377 e. The maximum atomic E-state index is 11.6. The zero-order valence-corrected chi connectivity index (χ0v) is 12.1. The molecule has 0 aromatic rings. The molecule has 106 valence electrons. The molecule has 1 unspecified atom stereocenters. The maximum Gasteiger partial charge on any atom is 0.501 e. The summed E-state index contributed by atoms with van der Waals surface area (Å²) >= 11 is 0. The van der Waals surface area contributed by atoms with Crippen molar-refractivity contribution >= 4 is 20.4 Å². The van der Waals surface area contributed by atoms with Crippen molar-refractivity contribution in [2.45, 2.75) is 25.5 Å². The van der Waals surface area contributed by atoms with Gasteiger partial charge in [0.25, 0.3) is 0 Å². The molecule has 0 bridgehead atoms. The summed E-state index contributed by atoms with van der Waals surface area (Å²) < 4.78 is 16.0. The standard InChI is InChI=1S/C10H22N2O5Si/c1-8(13)10(9(14)7-12)17-18(15-2,16-3)6-4-5-11/h10H,4-7,11-12H2,1-3H3. The van der Waals surface area contributed by atoms with Gasteiger partial charge in [0.1, 0.15) is 0 Å². The molecule has 4 N–H and O–H groups in total. The summed E-state index contributed by atoms with van der Waals surface area (Å²) in [5.74, 6) is -0.898. The molecule has 0 rings (SSSR count). The van der Waals surface area contributed by atoms with Gasteiger partial charge >= 0.3 is 8.80 Å². The number of carbonyl (C=O) groups excluding carboxylic acids is 2.